The molecule has 0 spiro atoms. The lowest BCUT2D eigenvalue weighted by Crippen LogP contribution is -2.57. The summed E-state index contributed by atoms with van der Waals surface area (Å²) in [5.74, 6) is -3.09. The fourth-order valence-corrected chi connectivity index (χ4v) is 1.76. The second-order valence-corrected chi connectivity index (χ2v) is 7.81. The molecule has 0 saturated heterocycles. The molecule has 0 fully saturated rings. The summed E-state index contributed by atoms with van der Waals surface area (Å²) in [7, 11) is 0. The lowest BCUT2D eigenvalue weighted by molar-refractivity contribution is -0.169. The van der Waals surface area contributed by atoms with Crippen molar-refractivity contribution < 1.29 is 29.0 Å². The number of hydrogen-bond acceptors (Lipinski definition) is 7. The highest BCUT2D eigenvalue weighted by Crippen LogP contribution is 2.19. The third-order valence-electron chi connectivity index (χ3n) is 2.94. The van der Waals surface area contributed by atoms with Gasteiger partial charge in [0.25, 0.3) is 0 Å². The second-order valence-electron chi connectivity index (χ2n) is 7.81. The minimum Gasteiger partial charge on any atom is -0.479 e. The van der Waals surface area contributed by atoms with Crippen molar-refractivity contribution >= 4 is 17.9 Å². The largest absolute Gasteiger partial charge is 0.479 e. The van der Waals surface area contributed by atoms with E-state index in [4.69, 9.17) is 20.9 Å². The van der Waals surface area contributed by atoms with Gasteiger partial charge >= 0.3 is 17.9 Å². The normalized spacial score (nSPS) is 16.0. The second kappa shape index (κ2) is 7.94. The van der Waals surface area contributed by atoms with Crippen LogP contribution in [0.4, 0.5) is 0 Å². The summed E-state index contributed by atoms with van der Waals surface area (Å²) in [6.45, 7) is 10.0. The Morgan fingerprint density at radius 1 is 1.00 bits per heavy atom. The molecule has 0 aliphatic heterocycles. The molecule has 0 aromatic carbocycles. The summed E-state index contributed by atoms with van der Waals surface area (Å²) in [5, 5.41) is 9.28. The summed E-state index contributed by atoms with van der Waals surface area (Å²) >= 11 is 0. The van der Waals surface area contributed by atoms with Gasteiger partial charge in [0.1, 0.15) is 17.2 Å². The number of ether oxygens (including phenoxy) is 2. The van der Waals surface area contributed by atoms with Gasteiger partial charge in [-0.1, -0.05) is 0 Å². The molecule has 0 heterocycles. The van der Waals surface area contributed by atoms with Crippen LogP contribution in [0.3, 0.4) is 0 Å². The number of nitrogens with two attached hydrogens (primary N) is 2. The number of aliphatic carboxylic acids is 1. The third-order valence-corrected chi connectivity index (χ3v) is 2.94. The van der Waals surface area contributed by atoms with Gasteiger partial charge in [0.05, 0.1) is 0 Å². The Bertz CT molecular complexity index is 478. The van der Waals surface area contributed by atoms with Crippen LogP contribution in [0.15, 0.2) is 0 Å². The van der Waals surface area contributed by atoms with Crippen molar-refractivity contribution in [2.75, 3.05) is 0 Å². The molecule has 0 aromatic heterocycles. The molecule has 140 valence electrons. The van der Waals surface area contributed by atoms with Crippen molar-refractivity contribution in [3.63, 3.8) is 0 Å². The molecule has 0 radical (unpaired) electrons. The first-order valence-corrected chi connectivity index (χ1v) is 7.82. The maximum atomic E-state index is 12.1. The van der Waals surface area contributed by atoms with Crippen molar-refractivity contribution in [3.05, 3.63) is 0 Å². The minimum absolute atomic E-state index is 0.143. The van der Waals surface area contributed by atoms with Gasteiger partial charge in [0, 0.05) is 0 Å². The molecule has 5 N–H and O–H groups in total. The van der Waals surface area contributed by atoms with Gasteiger partial charge in [-0.3, -0.25) is 4.79 Å². The summed E-state index contributed by atoms with van der Waals surface area (Å²) in [4.78, 5) is 35.2. The van der Waals surface area contributed by atoms with E-state index in [1.807, 2.05) is 0 Å². The van der Waals surface area contributed by atoms with Gasteiger partial charge in [-0.05, 0) is 60.8 Å². The maximum absolute atomic E-state index is 12.1. The van der Waals surface area contributed by atoms with Crippen LogP contribution in [0.5, 0.6) is 0 Å². The highest BCUT2D eigenvalue weighted by atomic mass is 16.6. The fraction of sp³-hybridized carbons (Fsp3) is 0.812. The molecular formula is C16H30N2O6. The van der Waals surface area contributed by atoms with Gasteiger partial charge in [0.2, 0.25) is 5.54 Å². The Balaban J connectivity index is 4.74. The van der Waals surface area contributed by atoms with E-state index in [0.717, 1.165) is 0 Å². The monoisotopic (exact) mass is 346 g/mol. The Hall–Kier alpha value is -1.67. The van der Waals surface area contributed by atoms with Crippen LogP contribution in [0.1, 0.15) is 60.8 Å². The summed E-state index contributed by atoms with van der Waals surface area (Å²) < 4.78 is 10.2. The SMILES string of the molecule is CC(C)(C)OC(=O)C(N)CCC[C@](N)(C(=O)O)C(=O)OC(C)(C)C. The predicted molar refractivity (Wildman–Crippen MR) is 88.1 cm³/mol. The van der Waals surface area contributed by atoms with Gasteiger partial charge in [-0.25, -0.2) is 9.59 Å². The number of carbonyl (C=O) groups excluding carboxylic acids is 2. The van der Waals surface area contributed by atoms with Crippen molar-refractivity contribution in [3.8, 4) is 0 Å². The van der Waals surface area contributed by atoms with E-state index in [1.165, 1.54) is 0 Å². The highest BCUT2D eigenvalue weighted by molar-refractivity contribution is 6.03. The van der Waals surface area contributed by atoms with Crippen LogP contribution in [0.2, 0.25) is 0 Å². The molecular weight excluding hydrogens is 316 g/mol. The number of carboxylic acid groups (broad SMARTS) is 1. The van der Waals surface area contributed by atoms with Crippen LogP contribution in [-0.4, -0.2) is 45.8 Å². The predicted octanol–water partition coefficient (Wildman–Crippen LogP) is 0.950. The number of esters is 2. The fourth-order valence-electron chi connectivity index (χ4n) is 1.76. The molecule has 0 aromatic rings. The van der Waals surface area contributed by atoms with E-state index in [2.05, 4.69) is 0 Å². The maximum Gasteiger partial charge on any atom is 0.338 e. The Morgan fingerprint density at radius 2 is 1.46 bits per heavy atom. The van der Waals surface area contributed by atoms with Gasteiger partial charge < -0.3 is 26.0 Å². The van der Waals surface area contributed by atoms with E-state index in [0.29, 0.717) is 0 Å². The van der Waals surface area contributed by atoms with Crippen molar-refractivity contribution in [2.24, 2.45) is 11.5 Å². The molecule has 0 aliphatic carbocycles. The lowest BCUT2D eigenvalue weighted by Gasteiger charge is -2.28. The van der Waals surface area contributed by atoms with Gasteiger partial charge in [-0.2, -0.15) is 0 Å². The first kappa shape index (κ1) is 22.3. The molecule has 0 bridgehead atoms. The van der Waals surface area contributed by atoms with Crippen LogP contribution < -0.4 is 11.5 Å². The molecule has 1 unspecified atom stereocenters. The molecule has 8 nitrogen and oxygen atoms in total. The zero-order valence-corrected chi connectivity index (χ0v) is 15.3. The van der Waals surface area contributed by atoms with E-state index in [-0.39, 0.29) is 19.3 Å². The number of carboxylic acids is 1. The van der Waals surface area contributed by atoms with E-state index >= 15 is 0 Å². The molecule has 24 heavy (non-hydrogen) atoms. The zero-order chi connectivity index (χ0) is 19.3. The summed E-state index contributed by atoms with van der Waals surface area (Å²) in [6.07, 6.45) is 0.0974. The third kappa shape index (κ3) is 7.74. The number of hydrogen-bond donors (Lipinski definition) is 3. The van der Waals surface area contributed by atoms with Crippen LogP contribution in [-0.2, 0) is 23.9 Å². The smallest absolute Gasteiger partial charge is 0.338 e. The van der Waals surface area contributed by atoms with Gasteiger partial charge in [0.15, 0.2) is 0 Å². The summed E-state index contributed by atoms with van der Waals surface area (Å²) in [5.41, 5.74) is 7.75. The standard InChI is InChI=1S/C16H30N2O6/c1-14(2,3)23-11(19)10(17)8-7-9-16(18,12(20)21)13(22)24-15(4,5)6/h10H,7-9,17-18H2,1-6H3,(H,20,21)/t10?,16-/m0/s1. The van der Waals surface area contributed by atoms with Crippen LogP contribution >= 0.6 is 0 Å². The molecule has 8 heteroatoms. The van der Waals surface area contributed by atoms with Crippen molar-refractivity contribution in [2.45, 2.75) is 83.6 Å². The first-order chi connectivity index (χ1) is 10.6. The number of rotatable bonds is 7. The average Bonchev–Trinajstić information content (AvgIpc) is 2.33. The van der Waals surface area contributed by atoms with Crippen molar-refractivity contribution in [1.82, 2.24) is 0 Å². The lowest BCUT2D eigenvalue weighted by atomic mass is 9.92. The molecule has 2 atom stereocenters. The minimum atomic E-state index is -2.18. The Labute approximate surface area is 142 Å². The van der Waals surface area contributed by atoms with Crippen LogP contribution in [0, 0.1) is 0 Å². The molecule has 0 saturated carbocycles. The van der Waals surface area contributed by atoms with Gasteiger partial charge in [-0.15, -0.1) is 0 Å². The zero-order valence-electron chi connectivity index (χ0n) is 15.3. The van der Waals surface area contributed by atoms with Crippen molar-refractivity contribution in [1.29, 1.82) is 0 Å². The van der Waals surface area contributed by atoms with E-state index in [9.17, 15) is 19.5 Å². The topological polar surface area (TPSA) is 142 Å². The molecule has 0 amide bonds. The molecule has 0 aliphatic rings. The van der Waals surface area contributed by atoms with Crippen LogP contribution in [0.25, 0.3) is 0 Å². The first-order valence-electron chi connectivity index (χ1n) is 7.82. The quantitative estimate of drug-likeness (QED) is 0.457. The molecule has 0 rings (SSSR count). The summed E-state index contributed by atoms with van der Waals surface area (Å²) in [6, 6.07) is -0.916. The Kier molecular flexibility index (Phi) is 7.38. The highest BCUT2D eigenvalue weighted by Gasteiger charge is 2.45. The number of carbonyl (C=O) groups is 3. The average molecular weight is 346 g/mol. The van der Waals surface area contributed by atoms with E-state index in [1.54, 1.807) is 41.5 Å². The van der Waals surface area contributed by atoms with E-state index < -0.39 is 40.7 Å². The Morgan fingerprint density at radius 3 is 1.83 bits per heavy atom.